The maximum Gasteiger partial charge on any atom is 0.0671 e. The van der Waals surface area contributed by atoms with Crippen molar-refractivity contribution in [2.75, 3.05) is 31.2 Å². The Kier molecular flexibility index (Phi) is 4.04. The molecule has 1 aromatic carbocycles. The molecule has 1 atom stereocenters. The molecule has 0 bridgehead atoms. The predicted octanol–water partition coefficient (Wildman–Crippen LogP) is 1.89. The molecule has 1 fully saturated rings. The fraction of sp³-hybridized carbons (Fsp3) is 0.500. The Morgan fingerprint density at radius 1 is 1.50 bits per heavy atom. The molecule has 1 unspecified atom stereocenters. The number of benzene rings is 1. The van der Waals surface area contributed by atoms with Crippen molar-refractivity contribution in [3.05, 3.63) is 29.3 Å². The highest BCUT2D eigenvalue weighted by molar-refractivity contribution is 6.30. The smallest absolute Gasteiger partial charge is 0.0671 e. The van der Waals surface area contributed by atoms with Crippen molar-refractivity contribution in [2.24, 2.45) is 5.73 Å². The number of anilines is 1. The highest BCUT2D eigenvalue weighted by Crippen LogP contribution is 2.24. The molecule has 88 valence electrons. The van der Waals surface area contributed by atoms with E-state index in [1.54, 1.807) is 0 Å². The lowest BCUT2D eigenvalue weighted by atomic mass is 10.1. The molecule has 0 spiro atoms. The number of halogens is 1. The van der Waals surface area contributed by atoms with Gasteiger partial charge in [-0.05, 0) is 31.2 Å². The summed E-state index contributed by atoms with van der Waals surface area (Å²) in [6.45, 7) is 3.12. The van der Waals surface area contributed by atoms with Gasteiger partial charge in [0.05, 0.1) is 19.3 Å². The van der Waals surface area contributed by atoms with Crippen LogP contribution in [0.25, 0.3) is 0 Å². The molecule has 0 aromatic heterocycles. The summed E-state index contributed by atoms with van der Waals surface area (Å²) in [6.07, 6.45) is 0.951. The largest absolute Gasteiger partial charge is 0.377 e. The van der Waals surface area contributed by atoms with Crippen molar-refractivity contribution in [3.8, 4) is 0 Å². The summed E-state index contributed by atoms with van der Waals surface area (Å²) >= 11 is 6.01. The molecule has 1 heterocycles. The SMILES string of the molecule is NCCC1COCCN1c1cccc(Cl)c1. The lowest BCUT2D eigenvalue weighted by molar-refractivity contribution is 0.0922. The van der Waals surface area contributed by atoms with Crippen LogP contribution in [0.3, 0.4) is 0 Å². The van der Waals surface area contributed by atoms with Crippen LogP contribution in [0.4, 0.5) is 5.69 Å². The Hall–Kier alpha value is -0.770. The van der Waals surface area contributed by atoms with E-state index in [9.17, 15) is 0 Å². The first-order valence-electron chi connectivity index (χ1n) is 5.61. The van der Waals surface area contributed by atoms with Crippen molar-refractivity contribution in [1.29, 1.82) is 0 Å². The van der Waals surface area contributed by atoms with Crippen LogP contribution < -0.4 is 10.6 Å². The molecule has 1 saturated heterocycles. The summed E-state index contributed by atoms with van der Waals surface area (Å²) in [5.74, 6) is 0. The molecule has 0 amide bonds. The Balaban J connectivity index is 2.16. The number of hydrogen-bond donors (Lipinski definition) is 1. The number of nitrogens with zero attached hydrogens (tertiary/aromatic N) is 1. The van der Waals surface area contributed by atoms with Gasteiger partial charge in [-0.1, -0.05) is 17.7 Å². The fourth-order valence-electron chi connectivity index (χ4n) is 2.08. The highest BCUT2D eigenvalue weighted by Gasteiger charge is 2.22. The van der Waals surface area contributed by atoms with Crippen LogP contribution in [0.15, 0.2) is 24.3 Å². The zero-order valence-corrected chi connectivity index (χ0v) is 9.99. The molecule has 4 heteroatoms. The maximum atomic E-state index is 6.01. The fourth-order valence-corrected chi connectivity index (χ4v) is 2.27. The van der Waals surface area contributed by atoms with E-state index in [1.807, 2.05) is 18.2 Å². The van der Waals surface area contributed by atoms with E-state index < -0.39 is 0 Å². The lowest BCUT2D eigenvalue weighted by Gasteiger charge is -2.37. The monoisotopic (exact) mass is 240 g/mol. The van der Waals surface area contributed by atoms with Gasteiger partial charge in [-0.3, -0.25) is 0 Å². The van der Waals surface area contributed by atoms with Gasteiger partial charge in [-0.2, -0.15) is 0 Å². The third kappa shape index (κ3) is 2.67. The van der Waals surface area contributed by atoms with E-state index in [-0.39, 0.29) is 0 Å². The zero-order chi connectivity index (χ0) is 11.4. The maximum absolute atomic E-state index is 6.01. The van der Waals surface area contributed by atoms with Crippen molar-refractivity contribution in [2.45, 2.75) is 12.5 Å². The first-order chi connectivity index (χ1) is 7.81. The van der Waals surface area contributed by atoms with Crippen LogP contribution in [0.2, 0.25) is 5.02 Å². The minimum atomic E-state index is 0.372. The minimum Gasteiger partial charge on any atom is -0.377 e. The molecule has 1 aromatic rings. The first-order valence-corrected chi connectivity index (χ1v) is 5.99. The molecule has 16 heavy (non-hydrogen) atoms. The summed E-state index contributed by atoms with van der Waals surface area (Å²) in [4.78, 5) is 2.34. The van der Waals surface area contributed by atoms with E-state index in [4.69, 9.17) is 22.1 Å². The van der Waals surface area contributed by atoms with Crippen LogP contribution in [0.5, 0.6) is 0 Å². The van der Waals surface area contributed by atoms with E-state index in [2.05, 4.69) is 11.0 Å². The third-order valence-corrected chi connectivity index (χ3v) is 3.10. The molecular weight excluding hydrogens is 224 g/mol. The van der Waals surface area contributed by atoms with Gasteiger partial charge in [0.2, 0.25) is 0 Å². The average molecular weight is 241 g/mol. The third-order valence-electron chi connectivity index (χ3n) is 2.87. The van der Waals surface area contributed by atoms with Gasteiger partial charge in [-0.25, -0.2) is 0 Å². The summed E-state index contributed by atoms with van der Waals surface area (Å²) in [6, 6.07) is 8.32. The van der Waals surface area contributed by atoms with Gasteiger partial charge in [-0.15, -0.1) is 0 Å². The van der Waals surface area contributed by atoms with Gasteiger partial charge in [0.25, 0.3) is 0 Å². The van der Waals surface area contributed by atoms with E-state index in [1.165, 1.54) is 0 Å². The second kappa shape index (κ2) is 5.53. The summed E-state index contributed by atoms with van der Waals surface area (Å²) < 4.78 is 5.49. The second-order valence-electron chi connectivity index (χ2n) is 3.98. The number of ether oxygens (including phenoxy) is 1. The molecule has 1 aliphatic rings. The van der Waals surface area contributed by atoms with Crippen LogP contribution in [-0.2, 0) is 4.74 Å². The number of morpholine rings is 1. The standard InChI is InChI=1S/C12H17ClN2O/c13-10-2-1-3-11(8-10)15-6-7-16-9-12(15)4-5-14/h1-3,8,12H,4-7,9,14H2. The van der Waals surface area contributed by atoms with E-state index in [0.29, 0.717) is 12.6 Å². The predicted molar refractivity (Wildman–Crippen MR) is 67.1 cm³/mol. The van der Waals surface area contributed by atoms with Crippen LogP contribution in [-0.4, -0.2) is 32.3 Å². The first kappa shape index (κ1) is 11.7. The van der Waals surface area contributed by atoms with Crippen molar-refractivity contribution in [1.82, 2.24) is 0 Å². The Morgan fingerprint density at radius 2 is 2.38 bits per heavy atom. The van der Waals surface area contributed by atoms with Gasteiger partial charge in [0.15, 0.2) is 0 Å². The van der Waals surface area contributed by atoms with Crippen molar-refractivity contribution >= 4 is 17.3 Å². The van der Waals surface area contributed by atoms with E-state index in [0.717, 1.165) is 36.9 Å². The number of hydrogen-bond acceptors (Lipinski definition) is 3. The molecule has 0 saturated carbocycles. The van der Waals surface area contributed by atoms with Gasteiger partial charge in [0, 0.05) is 17.3 Å². The Morgan fingerprint density at radius 3 is 3.12 bits per heavy atom. The minimum absolute atomic E-state index is 0.372. The highest BCUT2D eigenvalue weighted by atomic mass is 35.5. The topological polar surface area (TPSA) is 38.5 Å². The van der Waals surface area contributed by atoms with Gasteiger partial charge in [0.1, 0.15) is 0 Å². The van der Waals surface area contributed by atoms with Gasteiger partial charge >= 0.3 is 0 Å². The molecule has 0 aliphatic carbocycles. The second-order valence-corrected chi connectivity index (χ2v) is 4.42. The summed E-state index contributed by atoms with van der Waals surface area (Å²) in [5, 5.41) is 0.774. The Labute approximate surface area is 101 Å². The average Bonchev–Trinajstić information content (AvgIpc) is 2.30. The van der Waals surface area contributed by atoms with E-state index >= 15 is 0 Å². The number of nitrogens with two attached hydrogens (primary N) is 1. The van der Waals surface area contributed by atoms with Crippen LogP contribution in [0, 0.1) is 0 Å². The van der Waals surface area contributed by atoms with Crippen LogP contribution in [0.1, 0.15) is 6.42 Å². The quantitative estimate of drug-likeness (QED) is 0.877. The summed E-state index contributed by atoms with van der Waals surface area (Å²) in [7, 11) is 0. The molecule has 2 rings (SSSR count). The summed E-state index contributed by atoms with van der Waals surface area (Å²) in [5.41, 5.74) is 6.78. The molecule has 2 N–H and O–H groups in total. The molecule has 0 radical (unpaired) electrons. The van der Waals surface area contributed by atoms with Crippen molar-refractivity contribution in [3.63, 3.8) is 0 Å². The normalized spacial score (nSPS) is 21.1. The lowest BCUT2D eigenvalue weighted by Crippen LogP contribution is -2.46. The Bertz CT molecular complexity index is 344. The number of rotatable bonds is 3. The van der Waals surface area contributed by atoms with Crippen molar-refractivity contribution < 1.29 is 4.74 Å². The van der Waals surface area contributed by atoms with Gasteiger partial charge < -0.3 is 15.4 Å². The molecule has 1 aliphatic heterocycles. The molecular formula is C12H17ClN2O. The molecule has 3 nitrogen and oxygen atoms in total. The zero-order valence-electron chi connectivity index (χ0n) is 9.23. The van der Waals surface area contributed by atoms with Crippen LogP contribution >= 0.6 is 11.6 Å².